The van der Waals surface area contributed by atoms with Gasteiger partial charge >= 0.3 is 0 Å². The van der Waals surface area contributed by atoms with E-state index >= 15 is 0 Å². The molecule has 2 aromatic rings. The second-order valence-corrected chi connectivity index (χ2v) is 4.76. The van der Waals surface area contributed by atoms with Gasteiger partial charge in [0.05, 0.1) is 27.5 Å². The van der Waals surface area contributed by atoms with Crippen LogP contribution in [0.15, 0.2) is 52.3 Å². The third-order valence-corrected chi connectivity index (χ3v) is 3.42. The first kappa shape index (κ1) is 12.9. The SMILES string of the molecule is N#Cc1ccc(Sc2ccc(O)cc2[N+](=O)[O-])cc1. The van der Waals surface area contributed by atoms with Crippen LogP contribution in [0.5, 0.6) is 5.75 Å². The van der Waals surface area contributed by atoms with Crippen molar-refractivity contribution in [2.24, 2.45) is 0 Å². The van der Waals surface area contributed by atoms with Crippen molar-refractivity contribution in [3.63, 3.8) is 0 Å². The molecule has 19 heavy (non-hydrogen) atoms. The van der Waals surface area contributed by atoms with Gasteiger partial charge in [-0.3, -0.25) is 10.1 Å². The van der Waals surface area contributed by atoms with Gasteiger partial charge in [-0.25, -0.2) is 0 Å². The molecule has 0 heterocycles. The van der Waals surface area contributed by atoms with Crippen molar-refractivity contribution >= 4 is 17.4 Å². The molecule has 1 N–H and O–H groups in total. The standard InChI is InChI=1S/C13H8N2O3S/c14-8-9-1-4-11(5-2-9)19-13-6-3-10(16)7-12(13)15(17)18/h1-7,16H. The quantitative estimate of drug-likeness (QED) is 0.684. The Morgan fingerprint density at radius 2 is 1.89 bits per heavy atom. The van der Waals surface area contributed by atoms with E-state index in [1.165, 1.54) is 23.9 Å². The van der Waals surface area contributed by atoms with Crippen LogP contribution in [0.2, 0.25) is 0 Å². The number of benzene rings is 2. The molecule has 0 atom stereocenters. The van der Waals surface area contributed by atoms with Gasteiger partial charge in [0.1, 0.15) is 5.75 Å². The maximum absolute atomic E-state index is 10.9. The molecular formula is C13H8N2O3S. The van der Waals surface area contributed by atoms with Crippen molar-refractivity contribution in [2.45, 2.75) is 9.79 Å². The van der Waals surface area contributed by atoms with Gasteiger partial charge in [0.2, 0.25) is 0 Å². The first-order chi connectivity index (χ1) is 9.10. The number of nitriles is 1. The first-order valence-electron chi connectivity index (χ1n) is 5.25. The van der Waals surface area contributed by atoms with E-state index in [0.29, 0.717) is 10.5 Å². The molecule has 2 aromatic carbocycles. The summed E-state index contributed by atoms with van der Waals surface area (Å²) in [6.45, 7) is 0. The Kier molecular flexibility index (Phi) is 3.68. The smallest absolute Gasteiger partial charge is 0.286 e. The van der Waals surface area contributed by atoms with Crippen LogP contribution in [-0.2, 0) is 0 Å². The predicted molar refractivity (Wildman–Crippen MR) is 70.0 cm³/mol. The Bertz CT molecular complexity index is 663. The lowest BCUT2D eigenvalue weighted by Crippen LogP contribution is -1.90. The molecule has 0 fully saturated rings. The molecule has 6 heteroatoms. The molecule has 0 saturated heterocycles. The van der Waals surface area contributed by atoms with Gasteiger partial charge in [-0.05, 0) is 36.4 Å². The average Bonchev–Trinajstić information content (AvgIpc) is 2.41. The van der Waals surface area contributed by atoms with Gasteiger partial charge in [-0.1, -0.05) is 11.8 Å². The van der Waals surface area contributed by atoms with Crippen LogP contribution in [0.3, 0.4) is 0 Å². The fraction of sp³-hybridized carbons (Fsp3) is 0. The summed E-state index contributed by atoms with van der Waals surface area (Å²) >= 11 is 1.21. The molecule has 0 amide bonds. The molecule has 0 bridgehead atoms. The Labute approximate surface area is 113 Å². The van der Waals surface area contributed by atoms with Gasteiger partial charge in [0, 0.05) is 4.90 Å². The van der Waals surface area contributed by atoms with Crippen LogP contribution in [0.4, 0.5) is 5.69 Å². The molecular weight excluding hydrogens is 264 g/mol. The molecule has 0 aliphatic rings. The summed E-state index contributed by atoms with van der Waals surface area (Å²) < 4.78 is 0. The van der Waals surface area contributed by atoms with Gasteiger partial charge in [-0.15, -0.1) is 0 Å². The van der Waals surface area contributed by atoms with Crippen molar-refractivity contribution in [3.05, 3.63) is 58.1 Å². The number of phenols is 1. The maximum atomic E-state index is 10.9. The minimum Gasteiger partial charge on any atom is -0.508 e. The van der Waals surface area contributed by atoms with E-state index in [1.54, 1.807) is 24.3 Å². The normalized spacial score (nSPS) is 9.84. The van der Waals surface area contributed by atoms with Crippen LogP contribution in [0, 0.1) is 21.4 Å². The van der Waals surface area contributed by atoms with Crippen LogP contribution in [0.1, 0.15) is 5.56 Å². The molecule has 0 aliphatic carbocycles. The zero-order valence-corrected chi connectivity index (χ0v) is 10.4. The topological polar surface area (TPSA) is 87.2 Å². The molecule has 2 rings (SSSR count). The molecule has 0 spiro atoms. The molecule has 0 radical (unpaired) electrons. The number of hydrogen-bond donors (Lipinski definition) is 1. The van der Waals surface area contributed by atoms with Crippen LogP contribution < -0.4 is 0 Å². The summed E-state index contributed by atoms with van der Waals surface area (Å²) in [4.78, 5) is 11.6. The van der Waals surface area contributed by atoms with E-state index in [4.69, 9.17) is 5.26 Å². The molecule has 94 valence electrons. The molecule has 0 saturated carbocycles. The average molecular weight is 272 g/mol. The van der Waals surface area contributed by atoms with Crippen LogP contribution >= 0.6 is 11.8 Å². The third-order valence-electron chi connectivity index (χ3n) is 2.35. The van der Waals surface area contributed by atoms with Crippen molar-refractivity contribution in [1.29, 1.82) is 5.26 Å². The number of nitro benzene ring substituents is 1. The molecule has 0 aliphatic heterocycles. The van der Waals surface area contributed by atoms with Gasteiger partial charge in [0.15, 0.2) is 0 Å². The van der Waals surface area contributed by atoms with E-state index in [1.807, 2.05) is 6.07 Å². The Balaban J connectivity index is 2.32. The zero-order valence-electron chi connectivity index (χ0n) is 9.61. The highest BCUT2D eigenvalue weighted by molar-refractivity contribution is 7.99. The predicted octanol–water partition coefficient (Wildman–Crippen LogP) is 3.32. The highest BCUT2D eigenvalue weighted by Gasteiger charge is 2.15. The van der Waals surface area contributed by atoms with Crippen molar-refractivity contribution < 1.29 is 10.0 Å². The lowest BCUT2D eigenvalue weighted by molar-refractivity contribution is -0.387. The summed E-state index contributed by atoms with van der Waals surface area (Å²) in [6, 6.07) is 12.8. The second-order valence-electron chi connectivity index (χ2n) is 3.65. The third kappa shape index (κ3) is 3.03. The van der Waals surface area contributed by atoms with Crippen molar-refractivity contribution in [1.82, 2.24) is 0 Å². The van der Waals surface area contributed by atoms with E-state index in [0.717, 1.165) is 11.0 Å². The number of hydrogen-bond acceptors (Lipinski definition) is 5. The van der Waals surface area contributed by atoms with Gasteiger partial charge in [-0.2, -0.15) is 5.26 Å². The van der Waals surface area contributed by atoms with Crippen LogP contribution in [0.25, 0.3) is 0 Å². The van der Waals surface area contributed by atoms with Crippen molar-refractivity contribution in [3.8, 4) is 11.8 Å². The first-order valence-corrected chi connectivity index (χ1v) is 6.07. The summed E-state index contributed by atoms with van der Waals surface area (Å²) in [5, 5.41) is 28.9. The van der Waals surface area contributed by atoms with Crippen LogP contribution in [-0.4, -0.2) is 10.0 Å². The zero-order chi connectivity index (χ0) is 13.8. The summed E-state index contributed by atoms with van der Waals surface area (Å²) in [5.74, 6) is -0.143. The lowest BCUT2D eigenvalue weighted by atomic mass is 10.2. The highest BCUT2D eigenvalue weighted by atomic mass is 32.2. The fourth-order valence-corrected chi connectivity index (χ4v) is 2.36. The van der Waals surface area contributed by atoms with E-state index < -0.39 is 4.92 Å². The fourth-order valence-electron chi connectivity index (χ4n) is 1.46. The molecule has 0 unspecified atom stereocenters. The largest absolute Gasteiger partial charge is 0.508 e. The molecule has 5 nitrogen and oxygen atoms in total. The number of aromatic hydroxyl groups is 1. The van der Waals surface area contributed by atoms with Gasteiger partial charge < -0.3 is 5.11 Å². The lowest BCUT2D eigenvalue weighted by Gasteiger charge is -2.03. The number of rotatable bonds is 3. The minimum atomic E-state index is -0.536. The Morgan fingerprint density at radius 3 is 2.47 bits per heavy atom. The number of phenolic OH excluding ortho intramolecular Hbond substituents is 1. The van der Waals surface area contributed by atoms with E-state index in [9.17, 15) is 15.2 Å². The summed E-state index contributed by atoms with van der Waals surface area (Å²) in [6.07, 6.45) is 0. The Morgan fingerprint density at radius 1 is 1.21 bits per heavy atom. The van der Waals surface area contributed by atoms with Crippen molar-refractivity contribution in [2.75, 3.05) is 0 Å². The highest BCUT2D eigenvalue weighted by Crippen LogP contribution is 2.36. The van der Waals surface area contributed by atoms with E-state index in [-0.39, 0.29) is 11.4 Å². The number of nitro groups is 1. The molecule has 0 aromatic heterocycles. The minimum absolute atomic E-state index is 0.143. The van der Waals surface area contributed by atoms with Gasteiger partial charge in [0.25, 0.3) is 5.69 Å². The second kappa shape index (κ2) is 5.42. The monoisotopic (exact) mass is 272 g/mol. The Hall–Kier alpha value is -2.52. The summed E-state index contributed by atoms with van der Waals surface area (Å²) in [5.41, 5.74) is 0.388. The summed E-state index contributed by atoms with van der Waals surface area (Å²) in [7, 11) is 0. The maximum Gasteiger partial charge on any atom is 0.286 e. The number of nitrogens with zero attached hydrogens (tertiary/aromatic N) is 2. The van der Waals surface area contributed by atoms with E-state index in [2.05, 4.69) is 0 Å².